The summed E-state index contributed by atoms with van der Waals surface area (Å²) in [6.45, 7) is 4.12. The molecule has 0 saturated heterocycles. The molecule has 2 heteroatoms. The van der Waals surface area contributed by atoms with E-state index in [1.54, 1.807) is 0 Å². The van der Waals surface area contributed by atoms with E-state index in [4.69, 9.17) is 4.74 Å². The first-order valence-electron chi connectivity index (χ1n) is 6.35. The third kappa shape index (κ3) is 3.76. The quantitative estimate of drug-likeness (QED) is 0.706. The van der Waals surface area contributed by atoms with Gasteiger partial charge in [-0.3, -0.25) is 0 Å². The molecule has 1 N–H and O–H groups in total. The van der Waals surface area contributed by atoms with Gasteiger partial charge in [-0.05, 0) is 49.4 Å². The first-order valence-corrected chi connectivity index (χ1v) is 6.35. The Balaban J connectivity index is 1.74. The molecule has 0 bridgehead atoms. The van der Waals surface area contributed by atoms with Gasteiger partial charge in [-0.25, -0.2) is 0 Å². The number of hydrogen-bond acceptors (Lipinski definition) is 2. The van der Waals surface area contributed by atoms with Gasteiger partial charge in [0.1, 0.15) is 5.75 Å². The molecule has 0 atom stereocenters. The molecule has 0 unspecified atom stereocenters. The van der Waals surface area contributed by atoms with Crippen LogP contribution in [0.25, 0.3) is 0 Å². The molecule has 2 rings (SSSR count). The lowest BCUT2D eigenvalue weighted by Gasteiger charge is -2.08. The van der Waals surface area contributed by atoms with Gasteiger partial charge in [0.25, 0.3) is 0 Å². The van der Waals surface area contributed by atoms with Crippen LogP contribution in [0.5, 0.6) is 5.75 Å². The fourth-order valence-electron chi connectivity index (χ4n) is 1.59. The molecule has 1 fully saturated rings. The van der Waals surface area contributed by atoms with Crippen molar-refractivity contribution >= 4 is 5.69 Å². The standard InChI is InChI=1S/C14H21NO/c1-2-3-10-16-14-8-6-13(7-9-14)15-11-12-4-5-12/h6-9,12,15H,2-5,10-11H2,1H3. The average molecular weight is 219 g/mol. The molecular formula is C14H21NO. The van der Waals surface area contributed by atoms with E-state index in [2.05, 4.69) is 24.4 Å². The Morgan fingerprint density at radius 2 is 2.00 bits per heavy atom. The molecule has 0 radical (unpaired) electrons. The fraction of sp³-hybridized carbons (Fsp3) is 0.571. The van der Waals surface area contributed by atoms with Gasteiger partial charge in [0.15, 0.2) is 0 Å². The summed E-state index contributed by atoms with van der Waals surface area (Å²) in [6.07, 6.45) is 5.10. The summed E-state index contributed by atoms with van der Waals surface area (Å²) in [5.74, 6) is 1.89. The molecule has 2 nitrogen and oxygen atoms in total. The van der Waals surface area contributed by atoms with Gasteiger partial charge >= 0.3 is 0 Å². The van der Waals surface area contributed by atoms with E-state index in [1.165, 1.54) is 24.9 Å². The zero-order chi connectivity index (χ0) is 11.2. The van der Waals surface area contributed by atoms with E-state index in [1.807, 2.05) is 12.1 Å². The molecule has 0 aliphatic heterocycles. The summed E-state index contributed by atoms with van der Waals surface area (Å²) in [6, 6.07) is 8.29. The van der Waals surface area contributed by atoms with Gasteiger partial charge in [0.2, 0.25) is 0 Å². The van der Waals surface area contributed by atoms with Gasteiger partial charge < -0.3 is 10.1 Å². The van der Waals surface area contributed by atoms with Crippen LogP contribution in [-0.2, 0) is 0 Å². The van der Waals surface area contributed by atoms with Crippen LogP contribution in [0.15, 0.2) is 24.3 Å². The summed E-state index contributed by atoms with van der Waals surface area (Å²) in [7, 11) is 0. The fourth-order valence-corrected chi connectivity index (χ4v) is 1.59. The average Bonchev–Trinajstić information content (AvgIpc) is 3.12. The van der Waals surface area contributed by atoms with Crippen LogP contribution >= 0.6 is 0 Å². The Morgan fingerprint density at radius 3 is 2.62 bits per heavy atom. The predicted octanol–water partition coefficient (Wildman–Crippen LogP) is 3.69. The Bertz CT molecular complexity index is 303. The number of nitrogens with one attached hydrogen (secondary N) is 1. The van der Waals surface area contributed by atoms with Crippen LogP contribution in [-0.4, -0.2) is 13.2 Å². The molecule has 88 valence electrons. The van der Waals surface area contributed by atoms with E-state index < -0.39 is 0 Å². The zero-order valence-corrected chi connectivity index (χ0v) is 10.0. The Morgan fingerprint density at radius 1 is 1.25 bits per heavy atom. The van der Waals surface area contributed by atoms with E-state index in [0.29, 0.717) is 0 Å². The van der Waals surface area contributed by atoms with Crippen molar-refractivity contribution in [3.05, 3.63) is 24.3 Å². The largest absolute Gasteiger partial charge is 0.494 e. The zero-order valence-electron chi connectivity index (χ0n) is 10.0. The molecule has 0 aromatic heterocycles. The lowest BCUT2D eigenvalue weighted by atomic mass is 10.3. The SMILES string of the molecule is CCCCOc1ccc(NCC2CC2)cc1. The van der Waals surface area contributed by atoms with Crippen LogP contribution in [0, 0.1) is 5.92 Å². The van der Waals surface area contributed by atoms with E-state index in [-0.39, 0.29) is 0 Å². The van der Waals surface area contributed by atoms with E-state index >= 15 is 0 Å². The summed E-state index contributed by atoms with van der Waals surface area (Å²) >= 11 is 0. The Kier molecular flexibility index (Phi) is 4.09. The van der Waals surface area contributed by atoms with Gasteiger partial charge in [-0.15, -0.1) is 0 Å². The monoisotopic (exact) mass is 219 g/mol. The molecule has 1 aromatic rings. The second kappa shape index (κ2) is 5.78. The van der Waals surface area contributed by atoms with Crippen LogP contribution in [0.4, 0.5) is 5.69 Å². The highest BCUT2D eigenvalue weighted by molar-refractivity contribution is 5.46. The van der Waals surface area contributed by atoms with Crippen LogP contribution in [0.3, 0.4) is 0 Å². The highest BCUT2D eigenvalue weighted by Crippen LogP contribution is 2.29. The molecule has 0 spiro atoms. The van der Waals surface area contributed by atoms with Crippen molar-refractivity contribution in [1.29, 1.82) is 0 Å². The van der Waals surface area contributed by atoms with Gasteiger partial charge in [0, 0.05) is 12.2 Å². The minimum Gasteiger partial charge on any atom is -0.494 e. The summed E-state index contributed by atoms with van der Waals surface area (Å²) < 4.78 is 5.61. The third-order valence-corrected chi connectivity index (χ3v) is 2.91. The number of rotatable bonds is 7. The molecule has 16 heavy (non-hydrogen) atoms. The maximum atomic E-state index is 5.61. The second-order valence-electron chi connectivity index (χ2n) is 4.55. The van der Waals surface area contributed by atoms with Crippen molar-refractivity contribution in [3.63, 3.8) is 0 Å². The number of hydrogen-bond donors (Lipinski definition) is 1. The van der Waals surface area contributed by atoms with E-state index in [0.717, 1.165) is 31.2 Å². The molecule has 1 aliphatic carbocycles. The minimum absolute atomic E-state index is 0.825. The van der Waals surface area contributed by atoms with Crippen molar-refractivity contribution in [2.24, 2.45) is 5.92 Å². The van der Waals surface area contributed by atoms with Crippen LogP contribution in [0.2, 0.25) is 0 Å². The number of benzene rings is 1. The molecule has 1 aromatic carbocycles. The first kappa shape index (κ1) is 11.3. The first-order chi connectivity index (χ1) is 7.88. The molecule has 0 amide bonds. The number of ether oxygens (including phenoxy) is 1. The lowest BCUT2D eigenvalue weighted by molar-refractivity contribution is 0.309. The van der Waals surface area contributed by atoms with Gasteiger partial charge in [-0.1, -0.05) is 13.3 Å². The summed E-state index contributed by atoms with van der Waals surface area (Å²) in [5, 5.41) is 3.45. The van der Waals surface area contributed by atoms with Crippen molar-refractivity contribution in [3.8, 4) is 5.75 Å². The summed E-state index contributed by atoms with van der Waals surface area (Å²) in [5.41, 5.74) is 1.20. The van der Waals surface area contributed by atoms with Crippen LogP contribution < -0.4 is 10.1 Å². The van der Waals surface area contributed by atoms with Crippen molar-refractivity contribution < 1.29 is 4.74 Å². The highest BCUT2D eigenvalue weighted by Gasteiger charge is 2.20. The van der Waals surface area contributed by atoms with Crippen molar-refractivity contribution in [2.75, 3.05) is 18.5 Å². The predicted molar refractivity (Wildman–Crippen MR) is 68.1 cm³/mol. The van der Waals surface area contributed by atoms with Crippen molar-refractivity contribution in [1.82, 2.24) is 0 Å². The lowest BCUT2D eigenvalue weighted by Crippen LogP contribution is -2.03. The topological polar surface area (TPSA) is 21.3 Å². The highest BCUT2D eigenvalue weighted by atomic mass is 16.5. The Labute approximate surface area is 98.0 Å². The second-order valence-corrected chi connectivity index (χ2v) is 4.55. The van der Waals surface area contributed by atoms with Gasteiger partial charge in [0.05, 0.1) is 6.61 Å². The third-order valence-electron chi connectivity index (χ3n) is 2.91. The Hall–Kier alpha value is -1.18. The molecular weight excluding hydrogens is 198 g/mol. The normalized spacial score (nSPS) is 14.8. The minimum atomic E-state index is 0.825. The van der Waals surface area contributed by atoms with Crippen LogP contribution in [0.1, 0.15) is 32.6 Å². The maximum absolute atomic E-state index is 5.61. The van der Waals surface area contributed by atoms with Gasteiger partial charge in [-0.2, -0.15) is 0 Å². The molecule has 1 saturated carbocycles. The van der Waals surface area contributed by atoms with Crippen molar-refractivity contribution in [2.45, 2.75) is 32.6 Å². The maximum Gasteiger partial charge on any atom is 0.119 e. The molecule has 0 heterocycles. The number of anilines is 1. The number of unbranched alkanes of at least 4 members (excludes halogenated alkanes) is 1. The smallest absolute Gasteiger partial charge is 0.119 e. The summed E-state index contributed by atoms with van der Waals surface area (Å²) in [4.78, 5) is 0. The van der Waals surface area contributed by atoms with E-state index in [9.17, 15) is 0 Å². The molecule has 1 aliphatic rings.